The predicted molar refractivity (Wildman–Crippen MR) is 184 cm³/mol. The SMILES string of the molecule is CCCCC[C@@H](O)CC[C@H]1[C@@H]2Cc3cccc(OCC(=O)OC4O[C@H](CO)[C@@H](O)[C@H](O)[C@H]4NC(C)=O)c3C[C@@H]2C[C@@H]1O[C@@H]1O[C@H](CO)[C@H](O)[C@H](O)[C@H]1O. The zero-order chi connectivity index (χ0) is 38.4. The third-order valence-electron chi connectivity index (χ3n) is 11.3. The Balaban J connectivity index is 1.28. The fraction of sp³-hybridized carbons (Fsp3) is 0.784. The molecule has 2 aliphatic heterocycles. The van der Waals surface area contributed by atoms with Crippen molar-refractivity contribution in [2.24, 2.45) is 17.8 Å². The molecule has 2 heterocycles. The Morgan fingerprint density at radius 2 is 1.60 bits per heavy atom. The van der Waals surface area contributed by atoms with Crippen LogP contribution in [0, 0.1) is 17.8 Å². The van der Waals surface area contributed by atoms with Crippen LogP contribution >= 0.6 is 0 Å². The van der Waals surface area contributed by atoms with E-state index in [4.69, 9.17) is 23.7 Å². The molecule has 4 aliphatic rings. The van der Waals surface area contributed by atoms with Gasteiger partial charge in [-0.15, -0.1) is 0 Å². The number of carbonyl (C=O) groups excluding carboxylic acids is 2. The summed E-state index contributed by atoms with van der Waals surface area (Å²) >= 11 is 0. The van der Waals surface area contributed by atoms with E-state index in [1.54, 1.807) is 6.07 Å². The number of hydrogen-bond acceptors (Lipinski definition) is 15. The molecule has 1 aromatic rings. The first kappa shape index (κ1) is 41.7. The largest absolute Gasteiger partial charge is 0.482 e. The number of ether oxygens (including phenoxy) is 5. The van der Waals surface area contributed by atoms with Crippen LogP contribution in [0.1, 0.15) is 69.9 Å². The first-order chi connectivity index (χ1) is 25.4. The number of benzene rings is 1. The number of fused-ring (bicyclic) bond motifs is 2. The number of aliphatic hydroxyl groups is 8. The molecule has 15 atom stereocenters. The van der Waals surface area contributed by atoms with Crippen LogP contribution in [0.2, 0.25) is 0 Å². The van der Waals surface area contributed by atoms with E-state index in [0.29, 0.717) is 44.3 Å². The zero-order valence-electron chi connectivity index (χ0n) is 30.3. The average Bonchev–Trinajstić information content (AvgIpc) is 3.47. The first-order valence-corrected chi connectivity index (χ1v) is 18.8. The summed E-state index contributed by atoms with van der Waals surface area (Å²) in [5.41, 5.74) is 1.92. The highest BCUT2D eigenvalue weighted by Crippen LogP contribution is 2.50. The molecule has 2 aliphatic carbocycles. The number of amides is 1. The van der Waals surface area contributed by atoms with E-state index in [1.807, 2.05) is 12.1 Å². The number of hydrogen-bond donors (Lipinski definition) is 9. The molecule has 0 aromatic heterocycles. The van der Waals surface area contributed by atoms with Gasteiger partial charge in [0.05, 0.1) is 25.4 Å². The number of unbranched alkanes of at least 4 members (excludes halogenated alkanes) is 2. The Labute approximate surface area is 309 Å². The highest BCUT2D eigenvalue weighted by molar-refractivity contribution is 5.74. The Morgan fingerprint density at radius 1 is 0.906 bits per heavy atom. The second kappa shape index (κ2) is 18.9. The molecule has 1 saturated carbocycles. The molecule has 1 amide bonds. The van der Waals surface area contributed by atoms with E-state index < -0.39 is 105 Å². The summed E-state index contributed by atoms with van der Waals surface area (Å²) in [5, 5.41) is 84.8. The van der Waals surface area contributed by atoms with Crippen molar-refractivity contribution in [3.05, 3.63) is 29.3 Å². The molecule has 0 spiro atoms. The second-order valence-corrected chi connectivity index (χ2v) is 14.9. The minimum atomic E-state index is -1.58. The molecule has 2 saturated heterocycles. The van der Waals surface area contributed by atoms with Crippen molar-refractivity contribution in [1.29, 1.82) is 0 Å². The minimum absolute atomic E-state index is 0.0374. The Kier molecular flexibility index (Phi) is 14.9. The predicted octanol–water partition coefficient (Wildman–Crippen LogP) is -1.19. The van der Waals surface area contributed by atoms with Gasteiger partial charge in [-0.3, -0.25) is 4.79 Å². The van der Waals surface area contributed by atoms with Crippen molar-refractivity contribution < 1.29 is 74.1 Å². The van der Waals surface area contributed by atoms with Gasteiger partial charge >= 0.3 is 5.97 Å². The van der Waals surface area contributed by atoms with Crippen LogP contribution in [0.5, 0.6) is 5.75 Å². The lowest BCUT2D eigenvalue weighted by molar-refractivity contribution is -0.314. The summed E-state index contributed by atoms with van der Waals surface area (Å²) < 4.78 is 28.9. The molecule has 5 rings (SSSR count). The molecule has 0 radical (unpaired) electrons. The molecule has 300 valence electrons. The van der Waals surface area contributed by atoms with Gasteiger partial charge in [0.15, 0.2) is 12.9 Å². The van der Waals surface area contributed by atoms with E-state index in [1.165, 1.54) is 6.92 Å². The van der Waals surface area contributed by atoms with Gasteiger partial charge in [-0.1, -0.05) is 38.3 Å². The number of aliphatic hydroxyl groups excluding tert-OH is 8. The molecule has 16 nitrogen and oxygen atoms in total. The molecule has 9 N–H and O–H groups in total. The zero-order valence-corrected chi connectivity index (χ0v) is 30.3. The highest BCUT2D eigenvalue weighted by Gasteiger charge is 2.51. The van der Waals surface area contributed by atoms with Crippen LogP contribution in [0.25, 0.3) is 0 Å². The molecule has 53 heavy (non-hydrogen) atoms. The fourth-order valence-corrected chi connectivity index (χ4v) is 8.45. The lowest BCUT2D eigenvalue weighted by Crippen LogP contribution is -2.64. The normalized spacial score (nSPS) is 37.3. The summed E-state index contributed by atoms with van der Waals surface area (Å²) in [6, 6.07) is 4.27. The summed E-state index contributed by atoms with van der Waals surface area (Å²) in [6.07, 6.45) is -7.04. The van der Waals surface area contributed by atoms with Gasteiger partial charge in [0.1, 0.15) is 54.5 Å². The first-order valence-electron chi connectivity index (χ1n) is 18.8. The topological polar surface area (TPSA) is 254 Å². The Hall–Kier alpha value is -2.48. The standard InChI is InChI=1S/C37H57NO15/c1-3-4-5-8-21(42)10-11-22-23-12-19-7-6-9-25(49-17-29(43)53-36-30(38-18(2)41)33(46)31(44)27(15-39)51-36)24(19)13-20(23)14-26(22)50-37-35(48)34(47)32(45)28(16-40)52-37/h6-7,9,20-23,26-28,30-37,39-40,42,44-48H,3-5,8,10-17H2,1-2H3,(H,38,41)/t20-,21-,22+,23-,26+,27-,28-,30-,31-,32+,33-,34+,35-,36?,37-/m1/s1. The van der Waals surface area contributed by atoms with Gasteiger partial charge in [0.25, 0.3) is 0 Å². The maximum absolute atomic E-state index is 13.0. The lowest BCUT2D eigenvalue weighted by Gasteiger charge is -2.41. The van der Waals surface area contributed by atoms with Crippen molar-refractivity contribution in [1.82, 2.24) is 5.32 Å². The lowest BCUT2D eigenvalue weighted by atomic mass is 9.73. The van der Waals surface area contributed by atoms with E-state index >= 15 is 0 Å². The summed E-state index contributed by atoms with van der Waals surface area (Å²) in [7, 11) is 0. The van der Waals surface area contributed by atoms with Gasteiger partial charge in [-0.2, -0.15) is 0 Å². The molecule has 1 unspecified atom stereocenters. The number of nitrogens with one attached hydrogen (secondary N) is 1. The van der Waals surface area contributed by atoms with Crippen molar-refractivity contribution in [3.63, 3.8) is 0 Å². The molecule has 16 heteroatoms. The molecule has 1 aromatic carbocycles. The smallest absolute Gasteiger partial charge is 0.346 e. The van der Waals surface area contributed by atoms with Crippen molar-refractivity contribution in [2.45, 2.75) is 145 Å². The number of carbonyl (C=O) groups is 2. The third-order valence-corrected chi connectivity index (χ3v) is 11.3. The molecule has 3 fully saturated rings. The van der Waals surface area contributed by atoms with Gasteiger partial charge in [0.2, 0.25) is 12.2 Å². The Morgan fingerprint density at radius 3 is 2.28 bits per heavy atom. The molecular weight excluding hydrogens is 698 g/mol. The van der Waals surface area contributed by atoms with Gasteiger partial charge < -0.3 is 69.9 Å². The van der Waals surface area contributed by atoms with E-state index in [9.17, 15) is 50.4 Å². The summed E-state index contributed by atoms with van der Waals surface area (Å²) in [6.45, 7) is 1.52. The van der Waals surface area contributed by atoms with E-state index in [2.05, 4.69) is 12.2 Å². The van der Waals surface area contributed by atoms with Crippen LogP contribution in [0.4, 0.5) is 0 Å². The number of esters is 1. The van der Waals surface area contributed by atoms with E-state index in [-0.39, 0.29) is 17.8 Å². The highest BCUT2D eigenvalue weighted by atomic mass is 16.7. The average molecular weight is 756 g/mol. The number of rotatable bonds is 16. The quantitative estimate of drug-likeness (QED) is 0.0711. The maximum Gasteiger partial charge on any atom is 0.346 e. The summed E-state index contributed by atoms with van der Waals surface area (Å²) in [4.78, 5) is 24.7. The minimum Gasteiger partial charge on any atom is -0.482 e. The molecular formula is C37H57NO15. The van der Waals surface area contributed by atoms with Crippen molar-refractivity contribution in [3.8, 4) is 5.75 Å². The van der Waals surface area contributed by atoms with Crippen molar-refractivity contribution >= 4 is 11.9 Å². The second-order valence-electron chi connectivity index (χ2n) is 14.9. The van der Waals surface area contributed by atoms with Gasteiger partial charge in [0, 0.05) is 6.92 Å². The molecule has 0 bridgehead atoms. The Bertz CT molecular complexity index is 1350. The van der Waals surface area contributed by atoms with Crippen LogP contribution in [0.15, 0.2) is 18.2 Å². The summed E-state index contributed by atoms with van der Waals surface area (Å²) in [5.74, 6) is -0.778. The van der Waals surface area contributed by atoms with Crippen LogP contribution < -0.4 is 10.1 Å². The third kappa shape index (κ3) is 9.86. The van der Waals surface area contributed by atoms with Crippen molar-refractivity contribution in [2.75, 3.05) is 19.8 Å². The van der Waals surface area contributed by atoms with Gasteiger partial charge in [-0.05, 0) is 73.5 Å². The van der Waals surface area contributed by atoms with E-state index in [0.717, 1.165) is 30.4 Å². The fourth-order valence-electron chi connectivity index (χ4n) is 8.45. The van der Waals surface area contributed by atoms with Crippen LogP contribution in [-0.4, -0.2) is 146 Å². The van der Waals surface area contributed by atoms with Crippen LogP contribution in [0.3, 0.4) is 0 Å². The van der Waals surface area contributed by atoms with Crippen LogP contribution in [-0.2, 0) is 41.4 Å². The monoisotopic (exact) mass is 755 g/mol. The van der Waals surface area contributed by atoms with Gasteiger partial charge in [-0.25, -0.2) is 4.79 Å². The maximum atomic E-state index is 13.0.